The van der Waals surface area contributed by atoms with Crippen molar-refractivity contribution >= 4 is 15.8 Å². The standard InChI is InChI=1S/C12H11NO5S/c1-8-5-10(18-13-8)7-19(16,17)11-4-2-3-9(6-11)12(14)15/h2-6H,7H2,1H3,(H,14,15). The van der Waals surface area contributed by atoms with Crippen molar-refractivity contribution in [2.45, 2.75) is 17.6 Å². The smallest absolute Gasteiger partial charge is 0.335 e. The molecule has 1 aromatic carbocycles. The van der Waals surface area contributed by atoms with Gasteiger partial charge in [-0.25, -0.2) is 13.2 Å². The molecule has 0 aliphatic heterocycles. The van der Waals surface area contributed by atoms with E-state index in [0.717, 1.165) is 6.07 Å². The van der Waals surface area contributed by atoms with Gasteiger partial charge in [-0.15, -0.1) is 0 Å². The molecule has 6 nitrogen and oxygen atoms in total. The topological polar surface area (TPSA) is 97.5 Å². The monoisotopic (exact) mass is 281 g/mol. The number of hydrogen-bond donors (Lipinski definition) is 1. The van der Waals surface area contributed by atoms with Gasteiger partial charge in [0.1, 0.15) is 5.75 Å². The number of aromatic nitrogens is 1. The fraction of sp³-hybridized carbons (Fsp3) is 0.167. The fourth-order valence-electron chi connectivity index (χ4n) is 1.58. The van der Waals surface area contributed by atoms with Crippen LogP contribution >= 0.6 is 0 Å². The number of nitrogens with zero attached hydrogens (tertiary/aromatic N) is 1. The maximum absolute atomic E-state index is 12.1. The van der Waals surface area contributed by atoms with Crippen LogP contribution in [0.25, 0.3) is 0 Å². The Morgan fingerprint density at radius 1 is 1.37 bits per heavy atom. The molecule has 2 aromatic rings. The Hall–Kier alpha value is -2.15. The van der Waals surface area contributed by atoms with Crippen LogP contribution in [0.2, 0.25) is 0 Å². The van der Waals surface area contributed by atoms with Crippen molar-refractivity contribution in [3.8, 4) is 0 Å². The predicted octanol–water partition coefficient (Wildman–Crippen LogP) is 1.66. The first-order chi connectivity index (χ1) is 8.88. The Morgan fingerprint density at radius 3 is 2.68 bits per heavy atom. The minimum Gasteiger partial charge on any atom is -0.478 e. The van der Waals surface area contributed by atoms with Gasteiger partial charge in [-0.3, -0.25) is 0 Å². The molecule has 0 aliphatic carbocycles. The summed E-state index contributed by atoms with van der Waals surface area (Å²) in [5, 5.41) is 12.5. The Bertz CT molecular complexity index is 717. The van der Waals surface area contributed by atoms with E-state index in [1.807, 2.05) is 0 Å². The van der Waals surface area contributed by atoms with E-state index in [1.54, 1.807) is 6.92 Å². The third-order valence-electron chi connectivity index (χ3n) is 2.45. The molecule has 7 heteroatoms. The summed E-state index contributed by atoms with van der Waals surface area (Å²) in [4.78, 5) is 10.8. The molecule has 0 spiro atoms. The lowest BCUT2D eigenvalue weighted by Crippen LogP contribution is -2.06. The van der Waals surface area contributed by atoms with Gasteiger partial charge in [0, 0.05) is 6.07 Å². The van der Waals surface area contributed by atoms with Gasteiger partial charge in [0.05, 0.1) is 16.2 Å². The number of aryl methyl sites for hydroxylation is 1. The molecule has 0 saturated carbocycles. The van der Waals surface area contributed by atoms with Crippen LogP contribution in [0.3, 0.4) is 0 Å². The summed E-state index contributed by atoms with van der Waals surface area (Å²) < 4.78 is 29.1. The van der Waals surface area contributed by atoms with E-state index in [-0.39, 0.29) is 22.0 Å². The van der Waals surface area contributed by atoms with Crippen LogP contribution < -0.4 is 0 Å². The average Bonchev–Trinajstić information content (AvgIpc) is 2.74. The van der Waals surface area contributed by atoms with Crippen LogP contribution in [0.15, 0.2) is 39.8 Å². The van der Waals surface area contributed by atoms with Crippen LogP contribution in [0.5, 0.6) is 0 Å². The van der Waals surface area contributed by atoms with E-state index < -0.39 is 15.8 Å². The Balaban J connectivity index is 2.34. The fourth-order valence-corrected chi connectivity index (χ4v) is 2.85. The van der Waals surface area contributed by atoms with E-state index in [2.05, 4.69) is 5.16 Å². The number of sulfone groups is 1. The average molecular weight is 281 g/mol. The van der Waals surface area contributed by atoms with Crippen LogP contribution in [-0.4, -0.2) is 24.7 Å². The highest BCUT2D eigenvalue weighted by Crippen LogP contribution is 2.18. The molecule has 0 radical (unpaired) electrons. The summed E-state index contributed by atoms with van der Waals surface area (Å²) in [7, 11) is -3.65. The third kappa shape index (κ3) is 3.00. The normalized spacial score (nSPS) is 11.4. The Kier molecular flexibility index (Phi) is 3.39. The second-order valence-corrected chi connectivity index (χ2v) is 6.02. The second-order valence-electron chi connectivity index (χ2n) is 4.03. The van der Waals surface area contributed by atoms with Crippen molar-refractivity contribution in [2.24, 2.45) is 0 Å². The van der Waals surface area contributed by atoms with Crippen LogP contribution in [0.1, 0.15) is 21.8 Å². The van der Waals surface area contributed by atoms with Crippen molar-refractivity contribution < 1.29 is 22.8 Å². The number of carboxylic acids is 1. The molecule has 0 bridgehead atoms. The highest BCUT2D eigenvalue weighted by molar-refractivity contribution is 7.90. The Morgan fingerprint density at radius 2 is 2.11 bits per heavy atom. The highest BCUT2D eigenvalue weighted by Gasteiger charge is 2.19. The quantitative estimate of drug-likeness (QED) is 0.915. The zero-order chi connectivity index (χ0) is 14.0. The lowest BCUT2D eigenvalue weighted by atomic mass is 10.2. The lowest BCUT2D eigenvalue weighted by Gasteiger charge is -2.03. The van der Waals surface area contributed by atoms with Crippen molar-refractivity contribution in [1.82, 2.24) is 5.16 Å². The molecule has 0 unspecified atom stereocenters. The molecule has 2 rings (SSSR count). The number of carbonyl (C=O) groups is 1. The number of carboxylic acid groups (broad SMARTS) is 1. The molecule has 19 heavy (non-hydrogen) atoms. The molecule has 1 N–H and O–H groups in total. The first-order valence-corrected chi connectivity index (χ1v) is 7.02. The largest absolute Gasteiger partial charge is 0.478 e. The van der Waals surface area contributed by atoms with Gasteiger partial charge >= 0.3 is 5.97 Å². The van der Waals surface area contributed by atoms with Crippen molar-refractivity contribution in [3.05, 3.63) is 47.3 Å². The molecular weight excluding hydrogens is 270 g/mol. The van der Waals surface area contributed by atoms with Crippen molar-refractivity contribution in [3.63, 3.8) is 0 Å². The molecular formula is C12H11NO5S. The maximum Gasteiger partial charge on any atom is 0.335 e. The molecule has 1 aromatic heterocycles. The Labute approximate surface area is 109 Å². The zero-order valence-electron chi connectivity index (χ0n) is 10.0. The van der Waals surface area contributed by atoms with Crippen LogP contribution in [0, 0.1) is 6.92 Å². The maximum atomic E-state index is 12.1. The first-order valence-electron chi connectivity index (χ1n) is 5.37. The van der Waals surface area contributed by atoms with Gasteiger partial charge in [0.25, 0.3) is 0 Å². The van der Waals surface area contributed by atoms with E-state index in [9.17, 15) is 13.2 Å². The summed E-state index contributed by atoms with van der Waals surface area (Å²) >= 11 is 0. The molecule has 0 aliphatic rings. The van der Waals surface area contributed by atoms with Gasteiger partial charge in [0.2, 0.25) is 0 Å². The highest BCUT2D eigenvalue weighted by atomic mass is 32.2. The zero-order valence-corrected chi connectivity index (χ0v) is 10.8. The number of benzene rings is 1. The SMILES string of the molecule is Cc1cc(CS(=O)(=O)c2cccc(C(=O)O)c2)on1. The predicted molar refractivity (Wildman–Crippen MR) is 65.5 cm³/mol. The number of hydrogen-bond acceptors (Lipinski definition) is 5. The molecule has 0 atom stereocenters. The van der Waals surface area contributed by atoms with E-state index >= 15 is 0 Å². The summed E-state index contributed by atoms with van der Waals surface area (Å²) in [5.41, 5.74) is 0.513. The third-order valence-corrected chi connectivity index (χ3v) is 4.09. The molecule has 100 valence electrons. The van der Waals surface area contributed by atoms with Gasteiger partial charge < -0.3 is 9.63 Å². The summed E-state index contributed by atoms with van der Waals surface area (Å²) in [6.45, 7) is 1.69. The van der Waals surface area contributed by atoms with Crippen molar-refractivity contribution in [2.75, 3.05) is 0 Å². The number of rotatable bonds is 4. The van der Waals surface area contributed by atoms with Gasteiger partial charge in [-0.05, 0) is 25.1 Å². The molecule has 1 heterocycles. The van der Waals surface area contributed by atoms with Gasteiger partial charge in [-0.1, -0.05) is 11.2 Å². The lowest BCUT2D eigenvalue weighted by molar-refractivity contribution is 0.0696. The van der Waals surface area contributed by atoms with Gasteiger partial charge in [-0.2, -0.15) is 0 Å². The minimum absolute atomic E-state index is 0.0542. The van der Waals surface area contributed by atoms with Crippen LogP contribution in [-0.2, 0) is 15.6 Å². The summed E-state index contributed by atoms with van der Waals surface area (Å²) in [6.07, 6.45) is 0. The van der Waals surface area contributed by atoms with Gasteiger partial charge in [0.15, 0.2) is 15.6 Å². The summed E-state index contributed by atoms with van der Waals surface area (Å²) in [6, 6.07) is 6.73. The second kappa shape index (κ2) is 4.85. The molecule has 0 saturated heterocycles. The van der Waals surface area contributed by atoms with E-state index in [4.69, 9.17) is 9.63 Å². The minimum atomic E-state index is -3.65. The molecule has 0 amide bonds. The molecule has 0 fully saturated rings. The van der Waals surface area contributed by atoms with Crippen LogP contribution in [0.4, 0.5) is 0 Å². The number of aromatic carboxylic acids is 1. The summed E-state index contributed by atoms with van der Waals surface area (Å²) in [5.74, 6) is -1.30. The van der Waals surface area contributed by atoms with Crippen molar-refractivity contribution in [1.29, 1.82) is 0 Å². The van der Waals surface area contributed by atoms with E-state index in [0.29, 0.717) is 5.69 Å². The van der Waals surface area contributed by atoms with E-state index in [1.165, 1.54) is 24.3 Å². The first kappa shape index (κ1) is 13.3.